The summed E-state index contributed by atoms with van der Waals surface area (Å²) in [4.78, 5) is 5.19. The summed E-state index contributed by atoms with van der Waals surface area (Å²) in [6.07, 6.45) is 8.95. The third-order valence-electron chi connectivity index (χ3n) is 5.30. The Morgan fingerprint density at radius 3 is 2.38 bits per heavy atom. The minimum absolute atomic E-state index is 0.113. The molecular weight excluding hydrogens is 386 g/mol. The van der Waals surface area contributed by atoms with Crippen LogP contribution in [0.5, 0.6) is 0 Å². The maximum absolute atomic E-state index is 11.6. The second-order valence-corrected chi connectivity index (χ2v) is 9.90. The van der Waals surface area contributed by atoms with Crippen LogP contribution in [0.2, 0.25) is 0 Å². The molecule has 2 N–H and O–H groups in total. The highest BCUT2D eigenvalue weighted by molar-refractivity contribution is 7.90. The van der Waals surface area contributed by atoms with E-state index in [4.69, 9.17) is 9.73 Å². The van der Waals surface area contributed by atoms with Gasteiger partial charge in [0.05, 0.1) is 17.0 Å². The Bertz CT molecular complexity index is 739. The standard InChI is InChI=1S/C22H37N3O3S/c1-4-17-28-22(14-7-6-8-15-22)18-25-21(23-5-2)24-16-13-19-9-11-20(12-10-19)29(3,26)27/h9-12H,4-8,13-18H2,1-3H3,(H2,23,24,25). The topological polar surface area (TPSA) is 79.8 Å². The summed E-state index contributed by atoms with van der Waals surface area (Å²) in [5, 5.41) is 6.71. The minimum Gasteiger partial charge on any atom is -0.373 e. The molecule has 1 aliphatic rings. The molecule has 0 saturated heterocycles. The van der Waals surface area contributed by atoms with Gasteiger partial charge in [-0.2, -0.15) is 0 Å². The molecule has 7 heteroatoms. The summed E-state index contributed by atoms with van der Waals surface area (Å²) >= 11 is 0. The van der Waals surface area contributed by atoms with Crippen LogP contribution < -0.4 is 10.6 Å². The first kappa shape index (κ1) is 23.7. The van der Waals surface area contributed by atoms with Crippen molar-refractivity contribution in [2.24, 2.45) is 4.99 Å². The molecule has 1 aliphatic carbocycles. The van der Waals surface area contributed by atoms with Crippen LogP contribution in [-0.2, 0) is 21.0 Å². The number of sulfone groups is 1. The second-order valence-electron chi connectivity index (χ2n) is 7.88. The Labute approximate surface area is 176 Å². The maximum atomic E-state index is 11.6. The fraction of sp³-hybridized carbons (Fsp3) is 0.682. The normalized spacial score (nSPS) is 17.1. The van der Waals surface area contributed by atoms with Gasteiger partial charge in [0.2, 0.25) is 0 Å². The van der Waals surface area contributed by atoms with E-state index in [2.05, 4.69) is 24.5 Å². The predicted molar refractivity (Wildman–Crippen MR) is 119 cm³/mol. The van der Waals surface area contributed by atoms with Crippen LogP contribution in [0.1, 0.15) is 57.9 Å². The van der Waals surface area contributed by atoms with Gasteiger partial charge in [0.25, 0.3) is 0 Å². The van der Waals surface area contributed by atoms with Crippen molar-refractivity contribution in [2.75, 3.05) is 32.5 Å². The zero-order valence-electron chi connectivity index (χ0n) is 18.2. The van der Waals surface area contributed by atoms with Gasteiger partial charge >= 0.3 is 0 Å². The van der Waals surface area contributed by atoms with Gasteiger partial charge in [-0.3, -0.25) is 4.99 Å². The average molecular weight is 424 g/mol. The van der Waals surface area contributed by atoms with Crippen LogP contribution in [0, 0.1) is 0 Å². The molecule has 1 saturated carbocycles. The van der Waals surface area contributed by atoms with Crippen molar-refractivity contribution in [3.05, 3.63) is 29.8 Å². The van der Waals surface area contributed by atoms with Crippen LogP contribution in [-0.4, -0.2) is 52.5 Å². The number of rotatable bonds is 10. The van der Waals surface area contributed by atoms with Crippen LogP contribution in [0.4, 0.5) is 0 Å². The molecule has 0 spiro atoms. The Morgan fingerprint density at radius 2 is 1.79 bits per heavy atom. The van der Waals surface area contributed by atoms with Gasteiger partial charge < -0.3 is 15.4 Å². The molecule has 0 aromatic heterocycles. The van der Waals surface area contributed by atoms with Crippen molar-refractivity contribution < 1.29 is 13.2 Å². The lowest BCUT2D eigenvalue weighted by Gasteiger charge is -2.36. The molecule has 1 aromatic rings. The van der Waals surface area contributed by atoms with E-state index in [-0.39, 0.29) is 5.60 Å². The molecule has 0 heterocycles. The van der Waals surface area contributed by atoms with Gasteiger partial charge in [-0.25, -0.2) is 8.42 Å². The molecule has 1 fully saturated rings. The highest BCUT2D eigenvalue weighted by atomic mass is 32.2. The Morgan fingerprint density at radius 1 is 1.10 bits per heavy atom. The number of ether oxygens (including phenoxy) is 1. The predicted octanol–water partition coefficient (Wildman–Crippen LogP) is 3.32. The molecule has 2 rings (SSSR count). The molecule has 29 heavy (non-hydrogen) atoms. The molecule has 0 bridgehead atoms. The van der Waals surface area contributed by atoms with Crippen molar-refractivity contribution in [3.63, 3.8) is 0 Å². The fourth-order valence-electron chi connectivity index (χ4n) is 3.66. The number of aliphatic imine (C=N–C) groups is 1. The monoisotopic (exact) mass is 423 g/mol. The molecule has 1 aromatic carbocycles. The highest BCUT2D eigenvalue weighted by Crippen LogP contribution is 2.32. The van der Waals surface area contributed by atoms with E-state index in [0.29, 0.717) is 11.4 Å². The number of guanidine groups is 1. The summed E-state index contributed by atoms with van der Waals surface area (Å²) in [5.74, 6) is 0.810. The Kier molecular flexibility index (Phi) is 9.43. The summed E-state index contributed by atoms with van der Waals surface area (Å²) < 4.78 is 29.4. The zero-order chi connectivity index (χ0) is 21.2. The summed E-state index contributed by atoms with van der Waals surface area (Å²) in [7, 11) is -3.15. The van der Waals surface area contributed by atoms with Crippen LogP contribution in [0.25, 0.3) is 0 Å². The molecule has 0 unspecified atom stereocenters. The minimum atomic E-state index is -3.15. The van der Waals surface area contributed by atoms with Gasteiger partial charge in [0.15, 0.2) is 15.8 Å². The first-order valence-corrected chi connectivity index (χ1v) is 12.7. The summed E-state index contributed by atoms with van der Waals surface area (Å²) in [5.41, 5.74) is 0.980. The summed E-state index contributed by atoms with van der Waals surface area (Å²) in [6, 6.07) is 7.08. The molecule has 164 valence electrons. The van der Waals surface area contributed by atoms with E-state index >= 15 is 0 Å². The van der Waals surface area contributed by atoms with Crippen LogP contribution in [0.15, 0.2) is 34.2 Å². The molecule has 0 aliphatic heterocycles. The SMILES string of the molecule is CCCOC1(CN=C(NCC)NCCc2ccc(S(C)(=O)=O)cc2)CCCCC1. The van der Waals surface area contributed by atoms with Crippen molar-refractivity contribution in [1.82, 2.24) is 10.6 Å². The van der Waals surface area contributed by atoms with E-state index in [1.807, 2.05) is 12.1 Å². The van der Waals surface area contributed by atoms with Gasteiger partial charge in [-0.05, 0) is 50.3 Å². The molecular formula is C22H37N3O3S. The van der Waals surface area contributed by atoms with E-state index in [0.717, 1.165) is 56.9 Å². The number of benzene rings is 1. The van der Waals surface area contributed by atoms with Crippen molar-refractivity contribution >= 4 is 15.8 Å². The van der Waals surface area contributed by atoms with E-state index in [9.17, 15) is 8.42 Å². The molecule has 0 amide bonds. The summed E-state index contributed by atoms with van der Waals surface area (Å²) in [6.45, 7) is 7.22. The maximum Gasteiger partial charge on any atom is 0.191 e. The lowest BCUT2D eigenvalue weighted by molar-refractivity contribution is -0.0624. The van der Waals surface area contributed by atoms with E-state index in [1.54, 1.807) is 12.1 Å². The van der Waals surface area contributed by atoms with Gasteiger partial charge in [0.1, 0.15) is 0 Å². The molecule has 0 radical (unpaired) electrons. The highest BCUT2D eigenvalue weighted by Gasteiger charge is 2.32. The number of nitrogens with one attached hydrogen (secondary N) is 2. The zero-order valence-corrected chi connectivity index (χ0v) is 19.0. The lowest BCUT2D eigenvalue weighted by Crippen LogP contribution is -2.43. The lowest BCUT2D eigenvalue weighted by atomic mass is 9.84. The third kappa shape index (κ3) is 7.97. The first-order valence-electron chi connectivity index (χ1n) is 10.8. The van der Waals surface area contributed by atoms with Gasteiger partial charge in [-0.1, -0.05) is 38.3 Å². The van der Waals surface area contributed by atoms with Crippen LogP contribution >= 0.6 is 0 Å². The second kappa shape index (κ2) is 11.6. The fourth-order valence-corrected chi connectivity index (χ4v) is 4.29. The Hall–Kier alpha value is -1.60. The van der Waals surface area contributed by atoms with Gasteiger partial charge in [0, 0.05) is 26.0 Å². The van der Waals surface area contributed by atoms with Gasteiger partial charge in [-0.15, -0.1) is 0 Å². The molecule has 6 nitrogen and oxygen atoms in total. The number of hydrogen-bond donors (Lipinski definition) is 2. The number of hydrogen-bond acceptors (Lipinski definition) is 4. The van der Waals surface area contributed by atoms with Crippen LogP contribution in [0.3, 0.4) is 0 Å². The van der Waals surface area contributed by atoms with Crippen molar-refractivity contribution in [2.45, 2.75) is 69.3 Å². The van der Waals surface area contributed by atoms with Crippen molar-refractivity contribution in [3.8, 4) is 0 Å². The largest absolute Gasteiger partial charge is 0.373 e. The third-order valence-corrected chi connectivity index (χ3v) is 6.43. The number of nitrogens with zero attached hydrogens (tertiary/aromatic N) is 1. The smallest absolute Gasteiger partial charge is 0.191 e. The van der Waals surface area contributed by atoms with E-state index < -0.39 is 9.84 Å². The Balaban J connectivity index is 1.92. The quantitative estimate of drug-likeness (QED) is 0.446. The molecule has 0 atom stereocenters. The first-order chi connectivity index (χ1) is 13.9. The van der Waals surface area contributed by atoms with E-state index in [1.165, 1.54) is 25.5 Å². The van der Waals surface area contributed by atoms with Crippen molar-refractivity contribution in [1.29, 1.82) is 0 Å². The average Bonchev–Trinajstić information content (AvgIpc) is 2.71.